The maximum atomic E-state index is 12.7. The lowest BCUT2D eigenvalue weighted by Crippen LogP contribution is -2.28. The first kappa shape index (κ1) is 23.8. The summed E-state index contributed by atoms with van der Waals surface area (Å²) in [6, 6.07) is 6.53. The van der Waals surface area contributed by atoms with Gasteiger partial charge in [0.1, 0.15) is 5.82 Å². The van der Waals surface area contributed by atoms with Crippen LogP contribution in [-0.4, -0.2) is 45.0 Å². The Labute approximate surface area is 199 Å². The fourth-order valence-electron chi connectivity index (χ4n) is 4.54. The van der Waals surface area contributed by atoms with Crippen LogP contribution in [0.1, 0.15) is 67.6 Å². The third-order valence-corrected chi connectivity index (χ3v) is 7.35. The number of hydrogen-bond donors (Lipinski definition) is 2. The van der Waals surface area contributed by atoms with Crippen molar-refractivity contribution in [3.63, 3.8) is 0 Å². The molecule has 9 heteroatoms. The standard InChI is InChI=1S/C24H33N5O3S/c1-16(18-9-8-17-5-2-3-6-19(17)13-18)26-23(31)15-33-24-28-27-22(11-10-21(25)30)29(24)14-20-7-4-12-32-20/h8-9,13,16,20H,2-7,10-12,14-15H2,1H3,(H2,25,30)(H,26,31). The fourth-order valence-corrected chi connectivity index (χ4v) is 5.32. The Kier molecular flexibility index (Phi) is 8.03. The molecule has 1 aliphatic carbocycles. The van der Waals surface area contributed by atoms with E-state index in [1.807, 2.05) is 11.5 Å². The van der Waals surface area contributed by atoms with E-state index in [9.17, 15) is 9.59 Å². The van der Waals surface area contributed by atoms with Crippen LogP contribution in [0.2, 0.25) is 0 Å². The van der Waals surface area contributed by atoms with E-state index in [4.69, 9.17) is 10.5 Å². The van der Waals surface area contributed by atoms with Gasteiger partial charge in [-0.25, -0.2) is 0 Å². The zero-order chi connectivity index (χ0) is 23.2. The molecule has 1 aromatic carbocycles. The third kappa shape index (κ3) is 6.35. The van der Waals surface area contributed by atoms with Crippen LogP contribution in [0.3, 0.4) is 0 Å². The van der Waals surface area contributed by atoms with Gasteiger partial charge >= 0.3 is 0 Å². The van der Waals surface area contributed by atoms with Crippen LogP contribution in [0.25, 0.3) is 0 Å². The van der Waals surface area contributed by atoms with Crippen LogP contribution < -0.4 is 11.1 Å². The first-order chi connectivity index (χ1) is 16.0. The van der Waals surface area contributed by atoms with Crippen molar-refractivity contribution in [1.29, 1.82) is 0 Å². The SMILES string of the molecule is CC(NC(=O)CSc1nnc(CCC(N)=O)n1CC1CCCO1)c1ccc2c(c1)CCCC2. The van der Waals surface area contributed by atoms with Crippen molar-refractivity contribution in [2.24, 2.45) is 5.73 Å². The number of hydrogen-bond acceptors (Lipinski definition) is 6. The number of primary amides is 1. The zero-order valence-electron chi connectivity index (χ0n) is 19.2. The first-order valence-electron chi connectivity index (χ1n) is 11.9. The molecule has 0 bridgehead atoms. The molecule has 3 N–H and O–H groups in total. The van der Waals surface area contributed by atoms with Crippen molar-refractivity contribution in [2.75, 3.05) is 12.4 Å². The Balaban J connectivity index is 1.36. The molecule has 0 spiro atoms. The van der Waals surface area contributed by atoms with E-state index in [-0.39, 0.29) is 36.1 Å². The highest BCUT2D eigenvalue weighted by atomic mass is 32.2. The molecule has 0 saturated carbocycles. The summed E-state index contributed by atoms with van der Waals surface area (Å²) in [7, 11) is 0. The average Bonchev–Trinajstić information content (AvgIpc) is 3.46. The van der Waals surface area contributed by atoms with Gasteiger partial charge in [-0.2, -0.15) is 0 Å². The highest BCUT2D eigenvalue weighted by Crippen LogP contribution is 2.25. The van der Waals surface area contributed by atoms with E-state index in [0.717, 1.165) is 37.9 Å². The molecule has 0 radical (unpaired) electrons. The summed E-state index contributed by atoms with van der Waals surface area (Å²) in [5, 5.41) is 12.3. The summed E-state index contributed by atoms with van der Waals surface area (Å²) in [4.78, 5) is 23.9. The molecular formula is C24H33N5O3S. The second-order valence-corrected chi connectivity index (χ2v) is 9.87. The Morgan fingerprint density at radius 3 is 2.82 bits per heavy atom. The number of rotatable bonds is 10. The van der Waals surface area contributed by atoms with Gasteiger partial charge in [-0.05, 0) is 62.1 Å². The number of benzene rings is 1. The van der Waals surface area contributed by atoms with Gasteiger partial charge < -0.3 is 20.4 Å². The molecule has 2 atom stereocenters. The Morgan fingerprint density at radius 1 is 1.24 bits per heavy atom. The van der Waals surface area contributed by atoms with Crippen molar-refractivity contribution in [1.82, 2.24) is 20.1 Å². The fraction of sp³-hybridized carbons (Fsp3) is 0.583. The Hall–Kier alpha value is -2.39. The highest BCUT2D eigenvalue weighted by molar-refractivity contribution is 7.99. The molecule has 8 nitrogen and oxygen atoms in total. The number of carbonyl (C=O) groups excluding carboxylic acids is 2. The second kappa shape index (κ2) is 11.2. The van der Waals surface area contributed by atoms with Gasteiger partial charge in [-0.3, -0.25) is 9.59 Å². The molecule has 2 unspecified atom stereocenters. The molecule has 178 valence electrons. The number of carbonyl (C=O) groups is 2. The van der Waals surface area contributed by atoms with Crippen LogP contribution in [0.5, 0.6) is 0 Å². The maximum absolute atomic E-state index is 12.7. The number of fused-ring (bicyclic) bond motifs is 1. The zero-order valence-corrected chi connectivity index (χ0v) is 20.0. The van der Waals surface area contributed by atoms with Gasteiger partial charge in [-0.1, -0.05) is 30.0 Å². The number of thioether (sulfide) groups is 1. The summed E-state index contributed by atoms with van der Waals surface area (Å²) in [5.41, 5.74) is 9.31. The third-order valence-electron chi connectivity index (χ3n) is 6.38. The average molecular weight is 472 g/mol. The lowest BCUT2D eigenvalue weighted by Gasteiger charge is -2.20. The molecule has 1 fully saturated rings. The monoisotopic (exact) mass is 471 g/mol. The quantitative estimate of drug-likeness (QED) is 0.515. The van der Waals surface area contributed by atoms with Gasteiger partial charge in [-0.15, -0.1) is 10.2 Å². The lowest BCUT2D eigenvalue weighted by molar-refractivity contribution is -0.119. The smallest absolute Gasteiger partial charge is 0.230 e. The van der Waals surface area contributed by atoms with E-state index >= 15 is 0 Å². The van der Waals surface area contributed by atoms with E-state index in [2.05, 4.69) is 33.7 Å². The highest BCUT2D eigenvalue weighted by Gasteiger charge is 2.22. The number of aryl methyl sites for hydroxylation is 3. The minimum absolute atomic E-state index is 0.0458. The lowest BCUT2D eigenvalue weighted by atomic mass is 9.89. The summed E-state index contributed by atoms with van der Waals surface area (Å²) >= 11 is 1.36. The second-order valence-electron chi connectivity index (χ2n) is 8.92. The molecule has 2 amide bonds. The number of aromatic nitrogens is 3. The molecule has 1 saturated heterocycles. The van der Waals surface area contributed by atoms with Crippen molar-refractivity contribution < 1.29 is 14.3 Å². The van der Waals surface area contributed by atoms with Gasteiger partial charge in [0.05, 0.1) is 24.4 Å². The maximum Gasteiger partial charge on any atom is 0.230 e. The van der Waals surface area contributed by atoms with E-state index in [1.54, 1.807) is 0 Å². The van der Waals surface area contributed by atoms with Crippen LogP contribution in [0, 0.1) is 0 Å². The van der Waals surface area contributed by atoms with E-state index in [0.29, 0.717) is 23.9 Å². The summed E-state index contributed by atoms with van der Waals surface area (Å²) in [6.07, 6.45) is 7.54. The number of nitrogens with zero attached hydrogens (tertiary/aromatic N) is 3. The topological polar surface area (TPSA) is 112 Å². The Morgan fingerprint density at radius 2 is 2.06 bits per heavy atom. The first-order valence-corrected chi connectivity index (χ1v) is 12.8. The summed E-state index contributed by atoms with van der Waals surface area (Å²) in [6.45, 7) is 3.40. The van der Waals surface area contributed by atoms with Gasteiger partial charge in [0.2, 0.25) is 11.8 Å². The number of nitrogens with two attached hydrogens (primary N) is 1. The molecule has 2 heterocycles. The minimum Gasteiger partial charge on any atom is -0.376 e. The molecule has 2 aromatic rings. The Bertz CT molecular complexity index is 986. The van der Waals surface area contributed by atoms with E-state index < -0.39 is 0 Å². The molecular weight excluding hydrogens is 438 g/mol. The molecule has 4 rings (SSSR count). The normalized spacial score (nSPS) is 18.6. The van der Waals surface area contributed by atoms with Crippen LogP contribution >= 0.6 is 11.8 Å². The van der Waals surface area contributed by atoms with Gasteiger partial charge in [0.25, 0.3) is 0 Å². The molecule has 1 aliphatic heterocycles. The van der Waals surface area contributed by atoms with Crippen molar-refractivity contribution in [3.8, 4) is 0 Å². The number of amides is 2. The van der Waals surface area contributed by atoms with Gasteiger partial charge in [0, 0.05) is 19.4 Å². The predicted molar refractivity (Wildman–Crippen MR) is 127 cm³/mol. The number of ether oxygens (including phenoxy) is 1. The van der Waals surface area contributed by atoms with Crippen molar-refractivity contribution in [3.05, 3.63) is 40.7 Å². The predicted octanol–water partition coefficient (Wildman–Crippen LogP) is 2.72. The summed E-state index contributed by atoms with van der Waals surface area (Å²) in [5.74, 6) is 0.533. The summed E-state index contributed by atoms with van der Waals surface area (Å²) < 4.78 is 7.75. The van der Waals surface area contributed by atoms with Crippen LogP contribution in [-0.2, 0) is 40.1 Å². The largest absolute Gasteiger partial charge is 0.376 e. The molecule has 1 aromatic heterocycles. The van der Waals surface area contributed by atoms with Crippen LogP contribution in [0.4, 0.5) is 0 Å². The van der Waals surface area contributed by atoms with Crippen LogP contribution in [0.15, 0.2) is 23.4 Å². The van der Waals surface area contributed by atoms with Gasteiger partial charge in [0.15, 0.2) is 5.16 Å². The minimum atomic E-state index is -0.369. The molecule has 33 heavy (non-hydrogen) atoms. The number of nitrogens with one attached hydrogen (secondary N) is 1. The van der Waals surface area contributed by atoms with E-state index in [1.165, 1.54) is 35.7 Å². The van der Waals surface area contributed by atoms with Crippen molar-refractivity contribution in [2.45, 2.75) is 82.1 Å². The molecule has 2 aliphatic rings. The van der Waals surface area contributed by atoms with Crippen molar-refractivity contribution >= 4 is 23.6 Å².